The Morgan fingerprint density at radius 3 is 2.54 bits per heavy atom. The van der Waals surface area contributed by atoms with Gasteiger partial charge < -0.3 is 14.2 Å². The van der Waals surface area contributed by atoms with E-state index in [2.05, 4.69) is 61.0 Å². The smallest absolute Gasteiger partial charge is 0.222 e. The molecule has 2 rings (SSSR count). The normalized spacial score (nSPS) is 11.0. The van der Waals surface area contributed by atoms with Crippen molar-refractivity contribution < 1.29 is 9.53 Å². The van der Waals surface area contributed by atoms with Crippen molar-refractivity contribution in [1.82, 2.24) is 9.47 Å². The number of aryl methyl sites for hydroxylation is 1. The molecule has 0 aliphatic carbocycles. The molecule has 4 nitrogen and oxygen atoms in total. The van der Waals surface area contributed by atoms with Crippen LogP contribution in [0.4, 0.5) is 0 Å². The van der Waals surface area contributed by atoms with Crippen LogP contribution in [0.2, 0.25) is 0 Å². The highest BCUT2D eigenvalue weighted by atomic mass is 16.5. The SMILES string of the molecule is CCCCCCCC(=O)N(CCOC)Cc1cccn1Cc1ccc(C)cc1. The van der Waals surface area contributed by atoms with Crippen molar-refractivity contribution in [3.63, 3.8) is 0 Å². The second-order valence-corrected chi connectivity index (χ2v) is 7.59. The molecule has 0 radical (unpaired) electrons. The van der Waals surface area contributed by atoms with Crippen molar-refractivity contribution in [2.45, 2.75) is 65.5 Å². The fourth-order valence-corrected chi connectivity index (χ4v) is 3.36. The zero-order chi connectivity index (χ0) is 20.2. The molecule has 0 saturated heterocycles. The lowest BCUT2D eigenvalue weighted by Crippen LogP contribution is -2.34. The molecule has 0 atom stereocenters. The maximum Gasteiger partial charge on any atom is 0.222 e. The highest BCUT2D eigenvalue weighted by molar-refractivity contribution is 5.76. The molecule has 154 valence electrons. The van der Waals surface area contributed by atoms with E-state index in [1.54, 1.807) is 7.11 Å². The molecule has 0 spiro atoms. The number of nitrogens with zero attached hydrogens (tertiary/aromatic N) is 2. The van der Waals surface area contributed by atoms with Crippen LogP contribution in [0.1, 0.15) is 62.3 Å². The van der Waals surface area contributed by atoms with Crippen LogP contribution < -0.4 is 0 Å². The van der Waals surface area contributed by atoms with Gasteiger partial charge in [0.15, 0.2) is 0 Å². The lowest BCUT2D eigenvalue weighted by Gasteiger charge is -2.23. The van der Waals surface area contributed by atoms with E-state index < -0.39 is 0 Å². The fourth-order valence-electron chi connectivity index (χ4n) is 3.36. The van der Waals surface area contributed by atoms with Gasteiger partial charge in [0.2, 0.25) is 5.91 Å². The van der Waals surface area contributed by atoms with E-state index in [-0.39, 0.29) is 5.91 Å². The van der Waals surface area contributed by atoms with Crippen LogP contribution in [0.25, 0.3) is 0 Å². The van der Waals surface area contributed by atoms with Gasteiger partial charge in [0.05, 0.1) is 13.2 Å². The lowest BCUT2D eigenvalue weighted by atomic mass is 10.1. The van der Waals surface area contributed by atoms with Crippen molar-refractivity contribution in [3.05, 3.63) is 59.4 Å². The Labute approximate surface area is 170 Å². The minimum absolute atomic E-state index is 0.233. The Bertz CT molecular complexity index is 691. The summed E-state index contributed by atoms with van der Waals surface area (Å²) in [5.74, 6) is 0.233. The van der Waals surface area contributed by atoms with Gasteiger partial charge in [0.25, 0.3) is 0 Å². The minimum Gasteiger partial charge on any atom is -0.383 e. The van der Waals surface area contributed by atoms with E-state index in [1.165, 1.54) is 30.4 Å². The van der Waals surface area contributed by atoms with E-state index in [0.29, 0.717) is 26.1 Å². The van der Waals surface area contributed by atoms with Crippen LogP contribution in [0.5, 0.6) is 0 Å². The van der Waals surface area contributed by atoms with Crippen LogP contribution in [-0.4, -0.2) is 35.6 Å². The number of unbranched alkanes of at least 4 members (excludes halogenated alkanes) is 4. The van der Waals surface area contributed by atoms with Gasteiger partial charge in [-0.3, -0.25) is 4.79 Å². The lowest BCUT2D eigenvalue weighted by molar-refractivity contribution is -0.132. The summed E-state index contributed by atoms with van der Waals surface area (Å²) in [7, 11) is 1.69. The van der Waals surface area contributed by atoms with E-state index in [0.717, 1.165) is 25.1 Å². The quantitative estimate of drug-likeness (QED) is 0.446. The number of rotatable bonds is 13. The predicted molar refractivity (Wildman–Crippen MR) is 115 cm³/mol. The first-order valence-corrected chi connectivity index (χ1v) is 10.6. The molecule has 0 unspecified atom stereocenters. The predicted octanol–water partition coefficient (Wildman–Crippen LogP) is 5.18. The molecule has 0 aliphatic heterocycles. The summed E-state index contributed by atoms with van der Waals surface area (Å²) in [4.78, 5) is 14.7. The van der Waals surface area contributed by atoms with Crippen LogP contribution in [0.15, 0.2) is 42.6 Å². The second kappa shape index (κ2) is 12.4. The van der Waals surface area contributed by atoms with Gasteiger partial charge in [0.1, 0.15) is 0 Å². The fraction of sp³-hybridized carbons (Fsp3) is 0.542. The molecule has 2 aromatic rings. The molecule has 0 saturated carbocycles. The summed E-state index contributed by atoms with van der Waals surface area (Å²) in [6.45, 7) is 6.98. The van der Waals surface area contributed by atoms with E-state index in [1.807, 2.05) is 4.90 Å². The summed E-state index contributed by atoms with van der Waals surface area (Å²) in [6, 6.07) is 12.8. The first kappa shape index (κ1) is 22.2. The maximum absolute atomic E-state index is 12.8. The number of methoxy groups -OCH3 is 1. The highest BCUT2D eigenvalue weighted by Crippen LogP contribution is 2.14. The van der Waals surface area contributed by atoms with Gasteiger partial charge in [-0.1, -0.05) is 62.4 Å². The maximum atomic E-state index is 12.8. The van der Waals surface area contributed by atoms with Gasteiger partial charge in [-0.25, -0.2) is 0 Å². The van der Waals surface area contributed by atoms with E-state index >= 15 is 0 Å². The average molecular weight is 385 g/mol. The zero-order valence-corrected chi connectivity index (χ0v) is 17.8. The molecular formula is C24H36N2O2. The molecule has 1 aromatic carbocycles. The Morgan fingerprint density at radius 2 is 1.82 bits per heavy atom. The van der Waals surface area contributed by atoms with Crippen LogP contribution in [0, 0.1) is 6.92 Å². The second-order valence-electron chi connectivity index (χ2n) is 7.59. The monoisotopic (exact) mass is 384 g/mol. The molecule has 1 amide bonds. The number of aromatic nitrogens is 1. The molecule has 1 aromatic heterocycles. The molecule has 1 heterocycles. The van der Waals surface area contributed by atoms with Gasteiger partial charge in [0, 0.05) is 38.5 Å². The molecule has 0 bridgehead atoms. The minimum atomic E-state index is 0.233. The number of hydrogen-bond acceptors (Lipinski definition) is 2. The van der Waals surface area contributed by atoms with Crippen LogP contribution in [0.3, 0.4) is 0 Å². The third-order valence-electron chi connectivity index (χ3n) is 5.16. The van der Waals surface area contributed by atoms with E-state index in [4.69, 9.17) is 4.74 Å². The summed E-state index contributed by atoms with van der Waals surface area (Å²) in [6.07, 6.45) is 8.56. The molecule has 4 heteroatoms. The van der Waals surface area contributed by atoms with Gasteiger partial charge in [-0.05, 0) is 31.0 Å². The topological polar surface area (TPSA) is 34.5 Å². The summed E-state index contributed by atoms with van der Waals surface area (Å²) < 4.78 is 7.47. The first-order chi connectivity index (χ1) is 13.6. The Balaban J connectivity index is 1.96. The standard InChI is InChI=1S/C24H36N2O2/c1-4-5-6-7-8-11-24(27)26(17-18-28-3)20-23-10-9-16-25(23)19-22-14-12-21(2)13-15-22/h9-10,12-16H,4-8,11,17-20H2,1-3H3. The van der Waals surface area contributed by atoms with Crippen LogP contribution in [-0.2, 0) is 22.6 Å². The summed E-state index contributed by atoms with van der Waals surface area (Å²) >= 11 is 0. The van der Waals surface area contributed by atoms with Gasteiger partial charge in [-0.2, -0.15) is 0 Å². The van der Waals surface area contributed by atoms with Crippen LogP contribution >= 0.6 is 0 Å². The Morgan fingerprint density at radius 1 is 1.07 bits per heavy atom. The highest BCUT2D eigenvalue weighted by Gasteiger charge is 2.15. The Kier molecular flexibility index (Phi) is 9.84. The summed E-state index contributed by atoms with van der Waals surface area (Å²) in [5.41, 5.74) is 3.71. The Hall–Kier alpha value is -2.07. The number of benzene rings is 1. The average Bonchev–Trinajstić information content (AvgIpc) is 3.13. The number of amides is 1. The number of carbonyl (C=O) groups is 1. The zero-order valence-electron chi connectivity index (χ0n) is 17.8. The van der Waals surface area contributed by atoms with Crippen molar-refractivity contribution in [2.24, 2.45) is 0 Å². The first-order valence-electron chi connectivity index (χ1n) is 10.6. The molecular weight excluding hydrogens is 348 g/mol. The number of hydrogen-bond donors (Lipinski definition) is 0. The molecule has 0 aliphatic rings. The van der Waals surface area contributed by atoms with Crippen molar-refractivity contribution in [2.75, 3.05) is 20.3 Å². The largest absolute Gasteiger partial charge is 0.383 e. The molecule has 28 heavy (non-hydrogen) atoms. The molecule has 0 N–H and O–H groups in total. The third-order valence-corrected chi connectivity index (χ3v) is 5.16. The number of ether oxygens (including phenoxy) is 1. The third kappa shape index (κ3) is 7.51. The molecule has 0 fully saturated rings. The van der Waals surface area contributed by atoms with Crippen molar-refractivity contribution >= 4 is 5.91 Å². The summed E-state index contributed by atoms with van der Waals surface area (Å²) in [5, 5.41) is 0. The van der Waals surface area contributed by atoms with Gasteiger partial charge >= 0.3 is 0 Å². The van der Waals surface area contributed by atoms with Crippen molar-refractivity contribution in [1.29, 1.82) is 0 Å². The number of carbonyl (C=O) groups excluding carboxylic acids is 1. The van der Waals surface area contributed by atoms with Gasteiger partial charge in [-0.15, -0.1) is 0 Å². The van der Waals surface area contributed by atoms with Crippen molar-refractivity contribution in [3.8, 4) is 0 Å². The van der Waals surface area contributed by atoms with E-state index in [9.17, 15) is 4.79 Å².